The zero-order valence-electron chi connectivity index (χ0n) is 8.08. The van der Waals surface area contributed by atoms with Gasteiger partial charge in [-0.15, -0.1) is 11.3 Å². The van der Waals surface area contributed by atoms with Crippen molar-refractivity contribution in [3.05, 3.63) is 16.1 Å². The lowest BCUT2D eigenvalue weighted by Gasteiger charge is -2.16. The van der Waals surface area contributed by atoms with Crippen LogP contribution >= 0.6 is 11.3 Å². The monoisotopic (exact) mass is 197 g/mol. The normalized spacial score (nSPS) is 21.5. The summed E-state index contributed by atoms with van der Waals surface area (Å²) in [5.74, 6) is 0. The largest absolute Gasteiger partial charge is 0.393 e. The van der Waals surface area contributed by atoms with Gasteiger partial charge in [0.1, 0.15) is 0 Å². The standard InChI is InChI=1S/C10H15NOS/c1-7-6-13-9(11-7)5-10(3-4-10)8(2)12/h6,8,12H,3-5H2,1-2H3. The lowest BCUT2D eigenvalue weighted by Crippen LogP contribution is -2.20. The molecule has 1 aromatic rings. The molecule has 13 heavy (non-hydrogen) atoms. The molecule has 1 heterocycles. The topological polar surface area (TPSA) is 33.1 Å². The first-order valence-electron chi connectivity index (χ1n) is 4.71. The van der Waals surface area contributed by atoms with E-state index in [0.29, 0.717) is 0 Å². The van der Waals surface area contributed by atoms with Crippen molar-refractivity contribution in [3.8, 4) is 0 Å². The zero-order chi connectivity index (χ0) is 9.47. The Hall–Kier alpha value is -0.410. The summed E-state index contributed by atoms with van der Waals surface area (Å²) >= 11 is 1.71. The smallest absolute Gasteiger partial charge is 0.0934 e. The molecule has 72 valence electrons. The molecule has 3 heteroatoms. The van der Waals surface area contributed by atoms with E-state index >= 15 is 0 Å². The first kappa shape index (κ1) is 9.16. The summed E-state index contributed by atoms with van der Waals surface area (Å²) in [6, 6.07) is 0. The van der Waals surface area contributed by atoms with Crippen LogP contribution in [0.25, 0.3) is 0 Å². The van der Waals surface area contributed by atoms with Gasteiger partial charge in [0.05, 0.1) is 11.1 Å². The highest BCUT2D eigenvalue weighted by Gasteiger charge is 2.47. The van der Waals surface area contributed by atoms with Crippen molar-refractivity contribution in [2.45, 2.75) is 39.2 Å². The van der Waals surface area contributed by atoms with Gasteiger partial charge in [-0.25, -0.2) is 4.98 Å². The molecule has 2 rings (SSSR count). The molecule has 0 aliphatic heterocycles. The van der Waals surface area contributed by atoms with Crippen LogP contribution in [-0.2, 0) is 6.42 Å². The van der Waals surface area contributed by atoms with Crippen LogP contribution in [0.2, 0.25) is 0 Å². The van der Waals surface area contributed by atoms with E-state index in [1.54, 1.807) is 11.3 Å². The number of nitrogens with zero attached hydrogens (tertiary/aromatic N) is 1. The van der Waals surface area contributed by atoms with Gasteiger partial charge in [-0.1, -0.05) is 0 Å². The molecule has 1 unspecified atom stereocenters. The minimum absolute atomic E-state index is 0.171. The molecular formula is C10H15NOS. The van der Waals surface area contributed by atoms with Gasteiger partial charge >= 0.3 is 0 Å². The van der Waals surface area contributed by atoms with Gasteiger partial charge in [0, 0.05) is 22.9 Å². The molecule has 1 N–H and O–H groups in total. The maximum absolute atomic E-state index is 9.59. The van der Waals surface area contributed by atoms with Gasteiger partial charge < -0.3 is 5.11 Å². The number of hydrogen-bond donors (Lipinski definition) is 1. The van der Waals surface area contributed by atoms with Gasteiger partial charge in [0.15, 0.2) is 0 Å². The van der Waals surface area contributed by atoms with Crippen LogP contribution < -0.4 is 0 Å². The number of aliphatic hydroxyl groups is 1. The van der Waals surface area contributed by atoms with Crippen LogP contribution in [-0.4, -0.2) is 16.2 Å². The first-order valence-corrected chi connectivity index (χ1v) is 5.59. The fraction of sp³-hybridized carbons (Fsp3) is 0.700. The Bertz CT molecular complexity index is 302. The molecule has 1 aliphatic carbocycles. The number of rotatable bonds is 3. The SMILES string of the molecule is Cc1csc(CC2(C(C)O)CC2)n1. The van der Waals surface area contributed by atoms with Crippen LogP contribution in [0.3, 0.4) is 0 Å². The molecule has 2 nitrogen and oxygen atoms in total. The van der Waals surface area contributed by atoms with E-state index in [1.165, 1.54) is 5.01 Å². The average molecular weight is 197 g/mol. The van der Waals surface area contributed by atoms with Crippen LogP contribution in [0, 0.1) is 12.3 Å². The van der Waals surface area contributed by atoms with Crippen molar-refractivity contribution in [2.75, 3.05) is 0 Å². The molecule has 1 aliphatic rings. The summed E-state index contributed by atoms with van der Waals surface area (Å²) in [5, 5.41) is 12.8. The Morgan fingerprint density at radius 3 is 2.77 bits per heavy atom. The lowest BCUT2D eigenvalue weighted by atomic mass is 9.97. The molecule has 0 saturated heterocycles. The second-order valence-corrected chi connectivity index (χ2v) is 5.04. The Morgan fingerprint density at radius 1 is 1.69 bits per heavy atom. The predicted molar refractivity (Wildman–Crippen MR) is 53.9 cm³/mol. The summed E-state index contributed by atoms with van der Waals surface area (Å²) in [7, 11) is 0. The third-order valence-corrected chi connectivity index (χ3v) is 3.91. The van der Waals surface area contributed by atoms with E-state index in [9.17, 15) is 5.11 Å². The summed E-state index contributed by atoms with van der Waals surface area (Å²) in [6.07, 6.45) is 3.09. The molecule has 0 spiro atoms. The van der Waals surface area contributed by atoms with Gasteiger partial charge in [0.25, 0.3) is 0 Å². The summed E-state index contributed by atoms with van der Waals surface area (Å²) in [4.78, 5) is 4.43. The van der Waals surface area contributed by atoms with E-state index in [-0.39, 0.29) is 11.5 Å². The molecule has 1 fully saturated rings. The molecule has 1 saturated carbocycles. The Kier molecular flexibility index (Phi) is 2.16. The van der Waals surface area contributed by atoms with E-state index < -0.39 is 0 Å². The molecule has 0 amide bonds. The highest BCUT2D eigenvalue weighted by molar-refractivity contribution is 7.09. The second kappa shape index (κ2) is 3.07. The molecule has 0 aromatic carbocycles. The average Bonchev–Trinajstić information content (AvgIpc) is 2.72. The Morgan fingerprint density at radius 2 is 2.38 bits per heavy atom. The van der Waals surface area contributed by atoms with E-state index in [4.69, 9.17) is 0 Å². The van der Waals surface area contributed by atoms with Crippen molar-refractivity contribution in [1.29, 1.82) is 0 Å². The minimum Gasteiger partial charge on any atom is -0.393 e. The number of aliphatic hydroxyl groups excluding tert-OH is 1. The van der Waals surface area contributed by atoms with Crippen LogP contribution in [0.1, 0.15) is 30.5 Å². The van der Waals surface area contributed by atoms with Gasteiger partial charge in [-0.05, 0) is 26.7 Å². The van der Waals surface area contributed by atoms with Crippen molar-refractivity contribution < 1.29 is 5.11 Å². The highest BCUT2D eigenvalue weighted by Crippen LogP contribution is 2.51. The maximum atomic E-state index is 9.59. The second-order valence-electron chi connectivity index (χ2n) is 4.10. The van der Waals surface area contributed by atoms with Crippen LogP contribution in [0.15, 0.2) is 5.38 Å². The number of aryl methyl sites for hydroxylation is 1. The van der Waals surface area contributed by atoms with Crippen molar-refractivity contribution >= 4 is 11.3 Å². The van der Waals surface area contributed by atoms with Gasteiger partial charge in [-0.3, -0.25) is 0 Å². The molecule has 1 aromatic heterocycles. The third-order valence-electron chi connectivity index (χ3n) is 2.95. The first-order chi connectivity index (χ1) is 6.12. The number of thiazole rings is 1. The summed E-state index contributed by atoms with van der Waals surface area (Å²) < 4.78 is 0. The molecule has 1 atom stereocenters. The van der Waals surface area contributed by atoms with Gasteiger partial charge in [0.2, 0.25) is 0 Å². The summed E-state index contributed by atoms with van der Waals surface area (Å²) in [6.45, 7) is 3.91. The van der Waals surface area contributed by atoms with Crippen molar-refractivity contribution in [2.24, 2.45) is 5.41 Å². The number of hydrogen-bond acceptors (Lipinski definition) is 3. The third kappa shape index (κ3) is 1.76. The van der Waals surface area contributed by atoms with Crippen LogP contribution in [0.5, 0.6) is 0 Å². The minimum atomic E-state index is -0.184. The highest BCUT2D eigenvalue weighted by atomic mass is 32.1. The summed E-state index contributed by atoms with van der Waals surface area (Å²) in [5.41, 5.74) is 1.27. The molecule has 0 bridgehead atoms. The van der Waals surface area contributed by atoms with Crippen molar-refractivity contribution in [3.63, 3.8) is 0 Å². The van der Waals surface area contributed by atoms with Crippen molar-refractivity contribution in [1.82, 2.24) is 4.98 Å². The fourth-order valence-electron chi connectivity index (χ4n) is 1.69. The van der Waals surface area contributed by atoms with E-state index in [0.717, 1.165) is 25.0 Å². The van der Waals surface area contributed by atoms with E-state index in [1.807, 2.05) is 13.8 Å². The Balaban J connectivity index is 2.06. The predicted octanol–water partition coefficient (Wildman–Crippen LogP) is 2.16. The fourth-order valence-corrected chi connectivity index (χ4v) is 2.61. The Labute approximate surface area is 82.6 Å². The number of aromatic nitrogens is 1. The lowest BCUT2D eigenvalue weighted by molar-refractivity contribution is 0.110. The quantitative estimate of drug-likeness (QED) is 0.805. The van der Waals surface area contributed by atoms with E-state index in [2.05, 4.69) is 10.4 Å². The molecule has 0 radical (unpaired) electrons. The maximum Gasteiger partial charge on any atom is 0.0934 e. The van der Waals surface area contributed by atoms with Crippen LogP contribution in [0.4, 0.5) is 0 Å². The zero-order valence-corrected chi connectivity index (χ0v) is 8.90. The molecular weight excluding hydrogens is 182 g/mol. The van der Waals surface area contributed by atoms with Gasteiger partial charge in [-0.2, -0.15) is 0 Å².